The quantitative estimate of drug-likeness (QED) is 0.750. The number of aliphatic imine (C=N–C) groups is 1. The fraction of sp³-hybridized carbons (Fsp3) is 0.583. The summed E-state index contributed by atoms with van der Waals surface area (Å²) in [5, 5.41) is 3.35. The Morgan fingerprint density at radius 2 is 1.94 bits per heavy atom. The molecule has 1 aromatic heterocycles. The Kier molecular flexibility index (Phi) is 6.80. The second-order valence-corrected chi connectivity index (χ2v) is 8.97. The van der Waals surface area contributed by atoms with Gasteiger partial charge in [0, 0.05) is 63.4 Å². The van der Waals surface area contributed by atoms with Gasteiger partial charge in [-0.3, -0.25) is 19.8 Å². The third-order valence-corrected chi connectivity index (χ3v) is 6.66. The van der Waals surface area contributed by atoms with Gasteiger partial charge in [-0.25, -0.2) is 0 Å². The number of anilines is 1. The van der Waals surface area contributed by atoms with E-state index in [1.807, 2.05) is 6.21 Å². The van der Waals surface area contributed by atoms with Crippen LogP contribution in [0, 0.1) is 11.8 Å². The number of benzene rings is 1. The number of piperidine rings is 2. The summed E-state index contributed by atoms with van der Waals surface area (Å²) in [5.74, 6) is 0.642. The van der Waals surface area contributed by atoms with E-state index in [0.29, 0.717) is 12.0 Å². The Morgan fingerprint density at radius 1 is 1.19 bits per heavy atom. The molecule has 3 heterocycles. The van der Waals surface area contributed by atoms with E-state index < -0.39 is 0 Å². The monoisotopic (exact) mass is 422 g/mol. The molecule has 7 heteroatoms. The van der Waals surface area contributed by atoms with Crippen molar-refractivity contribution in [2.24, 2.45) is 16.8 Å². The molecule has 1 amide bonds. The molecule has 0 spiro atoms. The number of hydrogen-bond donors (Lipinski definition) is 1. The summed E-state index contributed by atoms with van der Waals surface area (Å²) in [7, 11) is 1.76. The summed E-state index contributed by atoms with van der Waals surface area (Å²) in [5.41, 5.74) is 3.75. The van der Waals surface area contributed by atoms with Crippen LogP contribution in [0.5, 0.6) is 0 Å². The van der Waals surface area contributed by atoms with Crippen LogP contribution in [0.25, 0.3) is 11.0 Å². The predicted molar refractivity (Wildman–Crippen MR) is 126 cm³/mol. The van der Waals surface area contributed by atoms with Crippen molar-refractivity contribution in [3.05, 3.63) is 30.1 Å². The van der Waals surface area contributed by atoms with Crippen molar-refractivity contribution in [2.45, 2.75) is 39.2 Å². The maximum absolute atomic E-state index is 13.1. The highest BCUT2D eigenvalue weighted by Gasteiger charge is 2.32. The first kappa shape index (κ1) is 21.7. The topological polar surface area (TPSA) is 73.7 Å². The first-order chi connectivity index (χ1) is 15.1. The third-order valence-electron chi connectivity index (χ3n) is 6.66. The highest BCUT2D eigenvalue weighted by atomic mass is 16.2. The standard InChI is InChI=1S/C24H34N6O/c1-4-29-11-7-20(8-12-29)28-24(31)19-13-17(2)15-30(16-19)21-6-5-18(14-25-3)22-23(21)27-10-9-26-22/h5-6,9-10,14,17,19-20H,4,7-8,11-13,15-16H2,1-3H3,(H,28,31). The molecule has 4 rings (SSSR count). The van der Waals surface area contributed by atoms with Gasteiger partial charge in [-0.15, -0.1) is 0 Å². The summed E-state index contributed by atoms with van der Waals surface area (Å²) in [6.07, 6.45) is 8.30. The van der Waals surface area contributed by atoms with E-state index in [0.717, 1.165) is 74.3 Å². The molecule has 0 bridgehead atoms. The number of hydrogen-bond acceptors (Lipinski definition) is 6. The van der Waals surface area contributed by atoms with Crippen LogP contribution < -0.4 is 10.2 Å². The molecule has 2 aliphatic heterocycles. The van der Waals surface area contributed by atoms with Crippen LogP contribution in [0.15, 0.2) is 29.5 Å². The minimum atomic E-state index is -0.00319. The van der Waals surface area contributed by atoms with Crippen molar-refractivity contribution in [1.82, 2.24) is 20.2 Å². The summed E-state index contributed by atoms with van der Waals surface area (Å²) in [4.78, 5) is 31.3. The minimum Gasteiger partial charge on any atom is -0.369 e. The molecular weight excluding hydrogens is 388 g/mol. The van der Waals surface area contributed by atoms with Gasteiger partial charge in [-0.1, -0.05) is 13.8 Å². The lowest BCUT2D eigenvalue weighted by Gasteiger charge is -2.39. The number of nitrogens with one attached hydrogen (secondary N) is 1. The van der Waals surface area contributed by atoms with Crippen LogP contribution in [0.2, 0.25) is 0 Å². The van der Waals surface area contributed by atoms with Crippen molar-refractivity contribution < 1.29 is 4.79 Å². The molecule has 0 radical (unpaired) electrons. The van der Waals surface area contributed by atoms with Crippen LogP contribution in [0.3, 0.4) is 0 Å². The zero-order chi connectivity index (χ0) is 21.8. The fourth-order valence-corrected chi connectivity index (χ4v) is 5.01. The highest BCUT2D eigenvalue weighted by molar-refractivity contribution is 6.01. The SMILES string of the molecule is CCN1CCC(NC(=O)C2CC(C)CN(c3ccc(C=NC)c4nccnc34)C2)CC1. The van der Waals surface area contributed by atoms with Crippen LogP contribution in [-0.2, 0) is 4.79 Å². The van der Waals surface area contributed by atoms with Gasteiger partial charge in [-0.2, -0.15) is 0 Å². The molecule has 0 aliphatic carbocycles. The first-order valence-electron chi connectivity index (χ1n) is 11.5. The van der Waals surface area contributed by atoms with Gasteiger partial charge in [0.25, 0.3) is 0 Å². The maximum atomic E-state index is 13.1. The Labute approximate surface area is 185 Å². The smallest absolute Gasteiger partial charge is 0.225 e. The first-order valence-corrected chi connectivity index (χ1v) is 11.5. The lowest BCUT2D eigenvalue weighted by atomic mass is 9.88. The lowest BCUT2D eigenvalue weighted by molar-refractivity contribution is -0.126. The van der Waals surface area contributed by atoms with Gasteiger partial charge < -0.3 is 15.1 Å². The number of fused-ring (bicyclic) bond motifs is 1. The van der Waals surface area contributed by atoms with E-state index in [1.54, 1.807) is 19.4 Å². The Morgan fingerprint density at radius 3 is 2.65 bits per heavy atom. The van der Waals surface area contributed by atoms with E-state index in [2.05, 4.69) is 56.1 Å². The molecule has 2 saturated heterocycles. The van der Waals surface area contributed by atoms with Crippen LogP contribution in [0.1, 0.15) is 38.7 Å². The molecule has 2 unspecified atom stereocenters. The molecule has 31 heavy (non-hydrogen) atoms. The third kappa shape index (κ3) is 4.87. The number of nitrogens with zero attached hydrogens (tertiary/aromatic N) is 5. The molecule has 2 aromatic rings. The lowest BCUT2D eigenvalue weighted by Crippen LogP contribution is -2.50. The highest BCUT2D eigenvalue weighted by Crippen LogP contribution is 2.32. The van der Waals surface area contributed by atoms with Gasteiger partial charge >= 0.3 is 0 Å². The molecule has 1 aromatic carbocycles. The number of aromatic nitrogens is 2. The van der Waals surface area contributed by atoms with E-state index >= 15 is 0 Å². The summed E-state index contributed by atoms with van der Waals surface area (Å²) >= 11 is 0. The van der Waals surface area contributed by atoms with Gasteiger partial charge in [0.15, 0.2) is 0 Å². The summed E-state index contributed by atoms with van der Waals surface area (Å²) < 4.78 is 0. The zero-order valence-electron chi connectivity index (χ0n) is 18.9. The summed E-state index contributed by atoms with van der Waals surface area (Å²) in [6.45, 7) is 9.32. The molecule has 2 fully saturated rings. The second-order valence-electron chi connectivity index (χ2n) is 8.97. The molecule has 2 aliphatic rings. The van der Waals surface area contributed by atoms with E-state index in [1.165, 1.54) is 0 Å². The number of rotatable bonds is 5. The average molecular weight is 423 g/mol. The molecule has 0 saturated carbocycles. The Bertz CT molecular complexity index is 937. The van der Waals surface area contributed by atoms with E-state index in [-0.39, 0.29) is 11.8 Å². The zero-order valence-corrected chi connectivity index (χ0v) is 18.9. The van der Waals surface area contributed by atoms with Crippen molar-refractivity contribution in [1.29, 1.82) is 0 Å². The van der Waals surface area contributed by atoms with Gasteiger partial charge in [-0.05, 0) is 43.9 Å². The second kappa shape index (κ2) is 9.73. The van der Waals surface area contributed by atoms with Gasteiger partial charge in [0.1, 0.15) is 5.52 Å². The van der Waals surface area contributed by atoms with Crippen LogP contribution in [0.4, 0.5) is 5.69 Å². The number of carbonyl (C=O) groups excluding carboxylic acids is 1. The van der Waals surface area contributed by atoms with Crippen molar-refractivity contribution in [3.63, 3.8) is 0 Å². The minimum absolute atomic E-state index is 0.00319. The number of amides is 1. The van der Waals surface area contributed by atoms with Crippen molar-refractivity contribution in [2.75, 3.05) is 44.7 Å². The maximum Gasteiger partial charge on any atom is 0.225 e. The van der Waals surface area contributed by atoms with Gasteiger partial charge in [0.2, 0.25) is 5.91 Å². The fourth-order valence-electron chi connectivity index (χ4n) is 5.01. The Hall–Kier alpha value is -2.54. The largest absolute Gasteiger partial charge is 0.369 e. The van der Waals surface area contributed by atoms with Crippen LogP contribution >= 0.6 is 0 Å². The molecular formula is C24H34N6O. The van der Waals surface area contributed by atoms with Gasteiger partial charge in [0.05, 0.1) is 17.1 Å². The van der Waals surface area contributed by atoms with E-state index in [9.17, 15) is 4.79 Å². The predicted octanol–water partition coefficient (Wildman–Crippen LogP) is 2.74. The van der Waals surface area contributed by atoms with E-state index in [4.69, 9.17) is 0 Å². The average Bonchev–Trinajstić information content (AvgIpc) is 2.79. The molecule has 2 atom stereocenters. The number of likely N-dealkylation sites (tertiary alicyclic amines) is 1. The molecule has 166 valence electrons. The normalized spacial score (nSPS) is 23.5. The Balaban J connectivity index is 1.50. The summed E-state index contributed by atoms with van der Waals surface area (Å²) in [6, 6.07) is 4.46. The van der Waals surface area contributed by atoms with Crippen molar-refractivity contribution >= 4 is 28.8 Å². The molecule has 1 N–H and O–H groups in total. The van der Waals surface area contributed by atoms with Crippen molar-refractivity contribution in [3.8, 4) is 0 Å². The van der Waals surface area contributed by atoms with Crippen LogP contribution in [-0.4, -0.2) is 72.8 Å². The molecule has 7 nitrogen and oxygen atoms in total. The number of carbonyl (C=O) groups is 1.